The number of nitrogens with zero attached hydrogens (tertiary/aromatic N) is 3. The van der Waals surface area contributed by atoms with E-state index in [4.69, 9.17) is 11.6 Å². The molecule has 1 atom stereocenters. The second kappa shape index (κ2) is 4.73. The highest BCUT2D eigenvalue weighted by Gasteiger charge is 2.27. The molecule has 88 valence electrons. The minimum atomic E-state index is -0.218. The van der Waals surface area contributed by atoms with Gasteiger partial charge in [0.2, 0.25) is 11.0 Å². The number of nitrogens with two attached hydrogens (primary N) is 2. The molecular weight excluding hydrogens is 228 g/mol. The predicted molar refractivity (Wildman–Crippen MR) is 60.3 cm³/mol. The molecule has 0 radical (unpaired) electrons. The summed E-state index contributed by atoms with van der Waals surface area (Å²) in [7, 11) is 0. The molecule has 2 rings (SSSR count). The fourth-order valence-electron chi connectivity index (χ4n) is 1.78. The molecule has 0 aromatic carbocycles. The monoisotopic (exact) mass is 242 g/mol. The van der Waals surface area contributed by atoms with Crippen molar-refractivity contribution in [2.45, 2.75) is 13.0 Å². The van der Waals surface area contributed by atoms with Crippen LogP contribution in [-0.4, -0.2) is 34.1 Å². The highest BCUT2D eigenvalue weighted by Crippen LogP contribution is 2.21. The molecule has 1 fully saturated rings. The summed E-state index contributed by atoms with van der Waals surface area (Å²) in [6, 6.07) is 0. The standard InChI is InChI=1S/C8H14N6OS/c9-7(15)5-1-2-14(3-5)4-6-12-13-8(11-10)16-6/h5H,1-4,10H2,(H2,9,15)(H,11,13). The van der Waals surface area contributed by atoms with Crippen LogP contribution in [0.1, 0.15) is 11.4 Å². The number of rotatable bonds is 4. The van der Waals surface area contributed by atoms with Gasteiger partial charge in [0.05, 0.1) is 12.5 Å². The average molecular weight is 242 g/mol. The number of amides is 1. The zero-order valence-electron chi connectivity index (χ0n) is 8.72. The van der Waals surface area contributed by atoms with Gasteiger partial charge in [0.15, 0.2) is 0 Å². The van der Waals surface area contributed by atoms with Crippen LogP contribution in [0.15, 0.2) is 0 Å². The minimum absolute atomic E-state index is 0.0278. The van der Waals surface area contributed by atoms with Gasteiger partial charge in [0, 0.05) is 6.54 Å². The number of carbonyl (C=O) groups is 1. The third-order valence-corrected chi connectivity index (χ3v) is 3.46. The number of nitrogens with one attached hydrogen (secondary N) is 1. The Morgan fingerprint density at radius 1 is 1.62 bits per heavy atom. The van der Waals surface area contributed by atoms with E-state index in [9.17, 15) is 4.79 Å². The molecule has 1 unspecified atom stereocenters. The molecule has 16 heavy (non-hydrogen) atoms. The van der Waals surface area contributed by atoms with E-state index in [2.05, 4.69) is 20.5 Å². The van der Waals surface area contributed by atoms with Crippen molar-refractivity contribution in [2.24, 2.45) is 17.5 Å². The van der Waals surface area contributed by atoms with E-state index in [1.54, 1.807) is 0 Å². The zero-order chi connectivity index (χ0) is 11.5. The van der Waals surface area contributed by atoms with Crippen molar-refractivity contribution in [3.8, 4) is 0 Å². The quantitative estimate of drug-likeness (QED) is 0.467. The van der Waals surface area contributed by atoms with Crippen molar-refractivity contribution < 1.29 is 4.79 Å². The first-order valence-electron chi connectivity index (χ1n) is 4.99. The molecule has 1 amide bonds. The molecule has 2 heterocycles. The summed E-state index contributed by atoms with van der Waals surface area (Å²) in [5.41, 5.74) is 7.71. The Bertz CT molecular complexity index is 380. The van der Waals surface area contributed by atoms with Gasteiger partial charge in [-0.3, -0.25) is 15.1 Å². The molecule has 0 saturated carbocycles. The molecule has 8 heteroatoms. The lowest BCUT2D eigenvalue weighted by molar-refractivity contribution is -0.121. The summed E-state index contributed by atoms with van der Waals surface area (Å²) in [5.74, 6) is 4.97. The molecule has 1 aromatic heterocycles. The van der Waals surface area contributed by atoms with E-state index in [-0.39, 0.29) is 11.8 Å². The number of nitrogen functional groups attached to an aromatic ring is 1. The fourth-order valence-corrected chi connectivity index (χ4v) is 2.47. The lowest BCUT2D eigenvalue weighted by Crippen LogP contribution is -2.27. The Hall–Kier alpha value is -1.25. The largest absolute Gasteiger partial charge is 0.369 e. The number of likely N-dealkylation sites (tertiary alicyclic amines) is 1. The fraction of sp³-hybridized carbons (Fsp3) is 0.625. The van der Waals surface area contributed by atoms with Crippen LogP contribution in [-0.2, 0) is 11.3 Å². The van der Waals surface area contributed by atoms with Gasteiger partial charge in [0.25, 0.3) is 0 Å². The van der Waals surface area contributed by atoms with Gasteiger partial charge in [-0.25, -0.2) is 5.84 Å². The molecular formula is C8H14N6OS. The Morgan fingerprint density at radius 3 is 3.00 bits per heavy atom. The number of primary amides is 1. The number of hydrazine groups is 1. The van der Waals surface area contributed by atoms with E-state index in [0.717, 1.165) is 18.0 Å². The van der Waals surface area contributed by atoms with Crippen molar-refractivity contribution >= 4 is 22.4 Å². The van der Waals surface area contributed by atoms with E-state index in [0.29, 0.717) is 18.2 Å². The van der Waals surface area contributed by atoms with E-state index in [1.165, 1.54) is 11.3 Å². The summed E-state index contributed by atoms with van der Waals surface area (Å²) < 4.78 is 0. The first-order chi connectivity index (χ1) is 7.69. The molecule has 0 bridgehead atoms. The lowest BCUT2D eigenvalue weighted by Gasteiger charge is -2.12. The van der Waals surface area contributed by atoms with Gasteiger partial charge in [-0.05, 0) is 13.0 Å². The smallest absolute Gasteiger partial charge is 0.221 e. The lowest BCUT2D eigenvalue weighted by atomic mass is 10.1. The van der Waals surface area contributed by atoms with Gasteiger partial charge in [-0.15, -0.1) is 10.2 Å². The maximum atomic E-state index is 11.0. The first-order valence-corrected chi connectivity index (χ1v) is 5.81. The van der Waals surface area contributed by atoms with E-state index < -0.39 is 0 Å². The maximum Gasteiger partial charge on any atom is 0.221 e. The molecule has 1 aromatic rings. The van der Waals surface area contributed by atoms with Crippen molar-refractivity contribution in [1.29, 1.82) is 0 Å². The number of anilines is 1. The van der Waals surface area contributed by atoms with Crippen LogP contribution in [0.5, 0.6) is 0 Å². The zero-order valence-corrected chi connectivity index (χ0v) is 9.54. The highest BCUT2D eigenvalue weighted by molar-refractivity contribution is 7.15. The third kappa shape index (κ3) is 2.46. The normalized spacial score (nSPS) is 21.2. The molecule has 7 nitrogen and oxygen atoms in total. The number of carbonyl (C=O) groups excluding carboxylic acids is 1. The molecule has 0 spiro atoms. The number of aromatic nitrogens is 2. The van der Waals surface area contributed by atoms with Crippen LogP contribution in [0.4, 0.5) is 5.13 Å². The second-order valence-corrected chi connectivity index (χ2v) is 4.83. The molecule has 1 saturated heterocycles. The van der Waals surface area contributed by atoms with Crippen LogP contribution in [0.2, 0.25) is 0 Å². The van der Waals surface area contributed by atoms with Gasteiger partial charge in [0.1, 0.15) is 5.01 Å². The Labute approximate surface area is 96.8 Å². The second-order valence-electron chi connectivity index (χ2n) is 3.77. The van der Waals surface area contributed by atoms with Crippen molar-refractivity contribution in [2.75, 3.05) is 18.5 Å². The van der Waals surface area contributed by atoms with E-state index in [1.807, 2.05) is 0 Å². The Kier molecular flexibility index (Phi) is 3.32. The third-order valence-electron chi connectivity index (χ3n) is 2.62. The van der Waals surface area contributed by atoms with Crippen LogP contribution in [0, 0.1) is 5.92 Å². The summed E-state index contributed by atoms with van der Waals surface area (Å²) in [6.45, 7) is 2.28. The SMILES string of the molecule is NNc1nnc(CN2CCC(C(N)=O)C2)s1. The van der Waals surface area contributed by atoms with Crippen molar-refractivity contribution in [3.63, 3.8) is 0 Å². The van der Waals surface area contributed by atoms with Crippen LogP contribution >= 0.6 is 11.3 Å². The molecule has 1 aliphatic rings. The predicted octanol–water partition coefficient (Wildman–Crippen LogP) is -0.869. The molecule has 1 aliphatic heterocycles. The summed E-state index contributed by atoms with van der Waals surface area (Å²) in [6.07, 6.45) is 0.829. The molecule has 5 N–H and O–H groups in total. The minimum Gasteiger partial charge on any atom is -0.369 e. The van der Waals surface area contributed by atoms with Gasteiger partial charge in [-0.1, -0.05) is 11.3 Å². The van der Waals surface area contributed by atoms with Gasteiger partial charge in [-0.2, -0.15) is 0 Å². The first kappa shape index (κ1) is 11.2. The van der Waals surface area contributed by atoms with Crippen molar-refractivity contribution in [3.05, 3.63) is 5.01 Å². The average Bonchev–Trinajstić information content (AvgIpc) is 2.87. The summed E-state index contributed by atoms with van der Waals surface area (Å²) in [5, 5.41) is 9.32. The van der Waals surface area contributed by atoms with Crippen LogP contribution in [0.25, 0.3) is 0 Å². The summed E-state index contributed by atoms with van der Waals surface area (Å²) >= 11 is 1.41. The van der Waals surface area contributed by atoms with Gasteiger partial charge >= 0.3 is 0 Å². The number of hydrogen-bond acceptors (Lipinski definition) is 7. The van der Waals surface area contributed by atoms with E-state index >= 15 is 0 Å². The van der Waals surface area contributed by atoms with Crippen LogP contribution in [0.3, 0.4) is 0 Å². The maximum absolute atomic E-state index is 11.0. The van der Waals surface area contributed by atoms with Gasteiger partial charge < -0.3 is 5.73 Å². The summed E-state index contributed by atoms with van der Waals surface area (Å²) in [4.78, 5) is 13.1. The van der Waals surface area contributed by atoms with Crippen LogP contribution < -0.4 is 17.0 Å². The topological polar surface area (TPSA) is 110 Å². The Balaban J connectivity index is 1.89. The number of hydrogen-bond donors (Lipinski definition) is 3. The highest BCUT2D eigenvalue weighted by atomic mass is 32.1. The Morgan fingerprint density at radius 2 is 2.44 bits per heavy atom. The molecule has 0 aliphatic carbocycles. The van der Waals surface area contributed by atoms with Crippen molar-refractivity contribution in [1.82, 2.24) is 15.1 Å².